The third kappa shape index (κ3) is 9.27. The van der Waals surface area contributed by atoms with Crippen molar-refractivity contribution in [2.75, 3.05) is 6.61 Å². The van der Waals surface area contributed by atoms with E-state index in [2.05, 4.69) is 30.9 Å². The molecule has 1 unspecified atom stereocenters. The van der Waals surface area contributed by atoms with E-state index in [0.717, 1.165) is 19.3 Å². The maximum absolute atomic E-state index is 8.77. The first kappa shape index (κ1) is 13.2. The average Bonchev–Trinajstić information content (AvgIpc) is 2.21. The highest BCUT2D eigenvalue weighted by molar-refractivity contribution is 5.02. The molecule has 0 heterocycles. The fourth-order valence-electron chi connectivity index (χ4n) is 1.02. The predicted octanol–water partition coefficient (Wildman–Crippen LogP) is 3.47. The van der Waals surface area contributed by atoms with Crippen molar-refractivity contribution in [2.45, 2.75) is 32.6 Å². The molecule has 0 saturated carbocycles. The second-order valence-electron chi connectivity index (χ2n) is 3.60. The maximum Gasteiger partial charge on any atom is 0.0459 e. The van der Waals surface area contributed by atoms with Crippen molar-refractivity contribution in [1.29, 1.82) is 0 Å². The Labute approximate surface area is 87.8 Å². The van der Waals surface area contributed by atoms with E-state index in [9.17, 15) is 0 Å². The van der Waals surface area contributed by atoms with Crippen molar-refractivity contribution in [3.63, 3.8) is 0 Å². The van der Waals surface area contributed by atoms with Gasteiger partial charge in [-0.3, -0.25) is 0 Å². The molecule has 0 aliphatic heterocycles. The molecule has 0 aromatic heterocycles. The molecule has 0 aliphatic rings. The molecule has 0 aromatic carbocycles. The fourth-order valence-corrected chi connectivity index (χ4v) is 1.02. The van der Waals surface area contributed by atoms with E-state index >= 15 is 0 Å². The lowest BCUT2D eigenvalue weighted by molar-refractivity contribution is 0.239. The SMILES string of the molecule is C=CCCCC=CC=CCC(C)CO. The van der Waals surface area contributed by atoms with Crippen molar-refractivity contribution in [3.8, 4) is 0 Å². The average molecular weight is 194 g/mol. The van der Waals surface area contributed by atoms with E-state index < -0.39 is 0 Å². The highest BCUT2D eigenvalue weighted by Crippen LogP contribution is 2.01. The van der Waals surface area contributed by atoms with Gasteiger partial charge in [-0.1, -0.05) is 37.3 Å². The predicted molar refractivity (Wildman–Crippen MR) is 63.2 cm³/mol. The third-order valence-corrected chi connectivity index (χ3v) is 2.01. The summed E-state index contributed by atoms with van der Waals surface area (Å²) in [6, 6.07) is 0. The lowest BCUT2D eigenvalue weighted by Crippen LogP contribution is -1.97. The fraction of sp³-hybridized carbons (Fsp3) is 0.538. The van der Waals surface area contributed by atoms with Gasteiger partial charge in [0.15, 0.2) is 0 Å². The molecule has 0 aromatic rings. The summed E-state index contributed by atoms with van der Waals surface area (Å²) in [4.78, 5) is 0. The zero-order chi connectivity index (χ0) is 10.6. The first-order valence-corrected chi connectivity index (χ1v) is 5.34. The van der Waals surface area contributed by atoms with Crippen LogP contribution in [-0.4, -0.2) is 11.7 Å². The molecule has 0 aliphatic carbocycles. The van der Waals surface area contributed by atoms with E-state index in [-0.39, 0.29) is 6.61 Å². The zero-order valence-corrected chi connectivity index (χ0v) is 9.15. The number of unbranched alkanes of at least 4 members (excludes halogenated alkanes) is 2. The first-order valence-electron chi connectivity index (χ1n) is 5.34. The summed E-state index contributed by atoms with van der Waals surface area (Å²) in [5.41, 5.74) is 0. The van der Waals surface area contributed by atoms with Crippen LogP contribution >= 0.6 is 0 Å². The second-order valence-corrected chi connectivity index (χ2v) is 3.60. The van der Waals surface area contributed by atoms with Crippen molar-refractivity contribution in [3.05, 3.63) is 37.0 Å². The molecular weight excluding hydrogens is 172 g/mol. The Morgan fingerprint density at radius 2 is 1.93 bits per heavy atom. The lowest BCUT2D eigenvalue weighted by Gasteiger charge is -2.00. The Morgan fingerprint density at radius 3 is 2.57 bits per heavy atom. The van der Waals surface area contributed by atoms with Gasteiger partial charge in [-0.25, -0.2) is 0 Å². The molecule has 1 N–H and O–H groups in total. The van der Waals surface area contributed by atoms with E-state index in [1.807, 2.05) is 13.0 Å². The largest absolute Gasteiger partial charge is 0.396 e. The molecule has 0 radical (unpaired) electrons. The standard InChI is InChI=1S/C13H22O/c1-3-4-5-6-7-8-9-10-11-13(2)12-14/h3,7-10,13-14H,1,4-6,11-12H2,2H3. The van der Waals surface area contributed by atoms with Crippen LogP contribution in [0.25, 0.3) is 0 Å². The Kier molecular flexibility index (Phi) is 9.66. The molecule has 80 valence electrons. The van der Waals surface area contributed by atoms with E-state index in [0.29, 0.717) is 5.92 Å². The van der Waals surface area contributed by atoms with Gasteiger partial charge >= 0.3 is 0 Å². The van der Waals surface area contributed by atoms with Gasteiger partial charge in [-0.05, 0) is 31.6 Å². The molecule has 0 spiro atoms. The quantitative estimate of drug-likeness (QED) is 0.356. The number of allylic oxidation sites excluding steroid dienone is 5. The molecule has 1 heteroatoms. The maximum atomic E-state index is 8.77. The minimum atomic E-state index is 0.271. The highest BCUT2D eigenvalue weighted by atomic mass is 16.3. The molecule has 0 bridgehead atoms. The van der Waals surface area contributed by atoms with Gasteiger partial charge in [0.1, 0.15) is 0 Å². The second kappa shape index (κ2) is 10.3. The third-order valence-electron chi connectivity index (χ3n) is 2.01. The molecule has 0 fully saturated rings. The summed E-state index contributed by atoms with van der Waals surface area (Å²) in [5.74, 6) is 0.375. The number of hydrogen-bond donors (Lipinski definition) is 1. The van der Waals surface area contributed by atoms with Crippen molar-refractivity contribution in [2.24, 2.45) is 5.92 Å². The van der Waals surface area contributed by atoms with Gasteiger partial charge in [-0.2, -0.15) is 0 Å². The van der Waals surface area contributed by atoms with Crippen LogP contribution in [0.15, 0.2) is 37.0 Å². The molecule has 1 nitrogen and oxygen atoms in total. The molecular formula is C13H22O. The van der Waals surface area contributed by atoms with Crippen LogP contribution in [0.5, 0.6) is 0 Å². The van der Waals surface area contributed by atoms with Crippen LogP contribution in [0.2, 0.25) is 0 Å². The van der Waals surface area contributed by atoms with Gasteiger partial charge in [-0.15, -0.1) is 6.58 Å². The van der Waals surface area contributed by atoms with E-state index in [4.69, 9.17) is 5.11 Å². The molecule has 0 saturated heterocycles. The van der Waals surface area contributed by atoms with Crippen LogP contribution in [-0.2, 0) is 0 Å². The van der Waals surface area contributed by atoms with Crippen molar-refractivity contribution in [1.82, 2.24) is 0 Å². The van der Waals surface area contributed by atoms with Gasteiger partial charge in [0.05, 0.1) is 0 Å². The Morgan fingerprint density at radius 1 is 1.21 bits per heavy atom. The summed E-state index contributed by atoms with van der Waals surface area (Å²) in [6.07, 6.45) is 14.7. The Bertz CT molecular complexity index is 180. The van der Waals surface area contributed by atoms with Crippen molar-refractivity contribution < 1.29 is 5.11 Å². The Balaban J connectivity index is 3.36. The normalized spacial score (nSPS) is 13.9. The lowest BCUT2D eigenvalue weighted by atomic mass is 10.1. The molecule has 0 amide bonds. The Hall–Kier alpha value is -0.820. The van der Waals surface area contributed by atoms with Crippen LogP contribution in [0.3, 0.4) is 0 Å². The topological polar surface area (TPSA) is 20.2 Å². The number of rotatable bonds is 8. The summed E-state index contributed by atoms with van der Waals surface area (Å²) in [6.45, 7) is 5.99. The summed E-state index contributed by atoms with van der Waals surface area (Å²) < 4.78 is 0. The van der Waals surface area contributed by atoms with E-state index in [1.54, 1.807) is 0 Å². The first-order chi connectivity index (χ1) is 6.81. The van der Waals surface area contributed by atoms with Crippen molar-refractivity contribution >= 4 is 0 Å². The van der Waals surface area contributed by atoms with Crippen LogP contribution in [0, 0.1) is 5.92 Å². The van der Waals surface area contributed by atoms with Crippen LogP contribution < -0.4 is 0 Å². The van der Waals surface area contributed by atoms with Crippen LogP contribution in [0.1, 0.15) is 32.6 Å². The minimum Gasteiger partial charge on any atom is -0.396 e. The molecule has 1 atom stereocenters. The van der Waals surface area contributed by atoms with E-state index in [1.165, 1.54) is 6.42 Å². The molecule has 14 heavy (non-hydrogen) atoms. The van der Waals surface area contributed by atoms with Gasteiger partial charge in [0.25, 0.3) is 0 Å². The minimum absolute atomic E-state index is 0.271. The summed E-state index contributed by atoms with van der Waals surface area (Å²) in [7, 11) is 0. The zero-order valence-electron chi connectivity index (χ0n) is 9.15. The monoisotopic (exact) mass is 194 g/mol. The summed E-state index contributed by atoms with van der Waals surface area (Å²) >= 11 is 0. The van der Waals surface area contributed by atoms with Gasteiger partial charge < -0.3 is 5.11 Å². The van der Waals surface area contributed by atoms with Gasteiger partial charge in [0, 0.05) is 6.61 Å². The van der Waals surface area contributed by atoms with Crippen LogP contribution in [0.4, 0.5) is 0 Å². The smallest absolute Gasteiger partial charge is 0.0459 e. The number of aliphatic hydroxyl groups excluding tert-OH is 1. The summed E-state index contributed by atoms with van der Waals surface area (Å²) in [5, 5.41) is 8.77. The number of aliphatic hydroxyl groups is 1. The molecule has 0 rings (SSSR count). The highest BCUT2D eigenvalue weighted by Gasteiger charge is 1.93. The number of hydrogen-bond acceptors (Lipinski definition) is 1. The van der Waals surface area contributed by atoms with Gasteiger partial charge in [0.2, 0.25) is 0 Å².